The van der Waals surface area contributed by atoms with Crippen LogP contribution in [0.3, 0.4) is 0 Å². The SMILES string of the molecule is CC(C)[C@H]1CN(C23CC4CC(CC(C4)C2)C3)C=[N+]1Cc1ccccc1S(=O)(=O)O. The predicted octanol–water partition coefficient (Wildman–Crippen LogP) is 3.78. The van der Waals surface area contributed by atoms with Gasteiger partial charge in [-0.05, 0) is 68.3 Å². The second kappa shape index (κ2) is 6.81. The van der Waals surface area contributed by atoms with Crippen molar-refractivity contribution in [3.8, 4) is 0 Å². The van der Waals surface area contributed by atoms with Crippen LogP contribution in [0.5, 0.6) is 0 Å². The van der Waals surface area contributed by atoms with Gasteiger partial charge in [0.05, 0.1) is 0 Å². The Morgan fingerprint density at radius 1 is 1.10 bits per heavy atom. The molecule has 4 fully saturated rings. The molecule has 0 unspecified atom stereocenters. The van der Waals surface area contributed by atoms with Gasteiger partial charge in [0, 0.05) is 5.56 Å². The molecule has 1 atom stereocenters. The molecule has 6 heteroatoms. The second-order valence-electron chi connectivity index (χ2n) is 10.5. The van der Waals surface area contributed by atoms with Crippen LogP contribution in [0.1, 0.15) is 57.9 Å². The van der Waals surface area contributed by atoms with Gasteiger partial charge < -0.3 is 0 Å². The van der Waals surface area contributed by atoms with Crippen LogP contribution in [0.25, 0.3) is 0 Å². The number of benzene rings is 1. The highest BCUT2D eigenvalue weighted by atomic mass is 32.2. The molecule has 0 amide bonds. The summed E-state index contributed by atoms with van der Waals surface area (Å²) in [5.41, 5.74) is 0.989. The fourth-order valence-corrected chi connectivity index (χ4v) is 7.90. The van der Waals surface area contributed by atoms with Crippen molar-refractivity contribution < 1.29 is 17.5 Å². The van der Waals surface area contributed by atoms with Gasteiger partial charge in [0.2, 0.25) is 6.34 Å². The van der Waals surface area contributed by atoms with Crippen LogP contribution in [0.4, 0.5) is 0 Å². The molecule has 4 saturated carbocycles. The van der Waals surface area contributed by atoms with Gasteiger partial charge in [-0.25, -0.2) is 0 Å². The minimum absolute atomic E-state index is 0.0316. The van der Waals surface area contributed by atoms with Crippen LogP contribution in [-0.2, 0) is 16.7 Å². The van der Waals surface area contributed by atoms with E-state index in [4.69, 9.17) is 0 Å². The zero-order valence-corrected chi connectivity index (χ0v) is 18.3. The molecule has 0 spiro atoms. The first kappa shape index (κ1) is 19.6. The first-order chi connectivity index (χ1) is 13.7. The molecule has 5 aliphatic rings. The van der Waals surface area contributed by atoms with Gasteiger partial charge in [-0.2, -0.15) is 8.42 Å². The molecule has 0 radical (unpaired) electrons. The summed E-state index contributed by atoms with van der Waals surface area (Å²) in [5, 5.41) is 0. The van der Waals surface area contributed by atoms with Crippen molar-refractivity contribution in [1.29, 1.82) is 0 Å². The van der Waals surface area contributed by atoms with Crippen molar-refractivity contribution in [3.63, 3.8) is 0 Å². The van der Waals surface area contributed by atoms with E-state index in [1.54, 1.807) is 6.07 Å². The molecule has 1 aromatic carbocycles. The van der Waals surface area contributed by atoms with E-state index in [1.807, 2.05) is 12.1 Å². The van der Waals surface area contributed by atoms with Gasteiger partial charge in [0.25, 0.3) is 10.1 Å². The Bertz CT molecular complexity index is 902. The average molecular weight is 418 g/mol. The molecule has 1 aliphatic heterocycles. The maximum Gasteiger partial charge on any atom is 0.294 e. The van der Waals surface area contributed by atoms with E-state index in [2.05, 4.69) is 29.7 Å². The lowest BCUT2D eigenvalue weighted by molar-refractivity contribution is -0.574. The standard InChI is InChI=1S/C23H32N2O3S/c1-16(2)21-14-25(23-10-17-7-18(11-23)9-19(8-17)12-23)15-24(21)13-20-5-3-4-6-22(20)29(26,27)28/h3-6,15-19,21H,7-14H2,1-2H3/p+1/t17?,18?,19?,21-,23?/m1/s1. The van der Waals surface area contributed by atoms with Crippen molar-refractivity contribution in [2.75, 3.05) is 6.54 Å². The summed E-state index contributed by atoms with van der Waals surface area (Å²) >= 11 is 0. The van der Waals surface area contributed by atoms with E-state index < -0.39 is 10.1 Å². The Hall–Kier alpha value is -1.40. The summed E-state index contributed by atoms with van der Waals surface area (Å²) in [7, 11) is -4.22. The molecule has 0 aromatic heterocycles. The normalized spacial score (nSPS) is 36.1. The lowest BCUT2D eigenvalue weighted by atomic mass is 9.52. The van der Waals surface area contributed by atoms with Crippen LogP contribution in [0.15, 0.2) is 29.2 Å². The zero-order valence-electron chi connectivity index (χ0n) is 17.5. The van der Waals surface area contributed by atoms with E-state index in [0.29, 0.717) is 29.6 Å². The van der Waals surface area contributed by atoms with Crippen LogP contribution in [0, 0.1) is 23.7 Å². The van der Waals surface area contributed by atoms with E-state index in [1.165, 1.54) is 44.6 Å². The summed E-state index contributed by atoms with van der Waals surface area (Å²) in [6.45, 7) is 6.05. The van der Waals surface area contributed by atoms with Gasteiger partial charge >= 0.3 is 0 Å². The van der Waals surface area contributed by atoms with E-state index in [0.717, 1.165) is 24.3 Å². The number of rotatable bonds is 5. The highest BCUT2D eigenvalue weighted by molar-refractivity contribution is 7.85. The number of nitrogens with zero attached hydrogens (tertiary/aromatic N) is 2. The van der Waals surface area contributed by atoms with Crippen molar-refractivity contribution in [2.24, 2.45) is 23.7 Å². The Kier molecular flexibility index (Phi) is 4.59. The molecule has 6 rings (SSSR count). The summed E-state index contributed by atoms with van der Waals surface area (Å²) in [6, 6.07) is 7.20. The Balaban J connectivity index is 1.46. The molecule has 29 heavy (non-hydrogen) atoms. The molecule has 5 nitrogen and oxygen atoms in total. The molecule has 4 bridgehead atoms. The Morgan fingerprint density at radius 2 is 1.69 bits per heavy atom. The summed E-state index contributed by atoms with van der Waals surface area (Å²) < 4.78 is 35.7. The zero-order chi connectivity index (χ0) is 20.4. The van der Waals surface area contributed by atoms with E-state index >= 15 is 0 Å². The topological polar surface area (TPSA) is 60.6 Å². The number of hydrogen-bond acceptors (Lipinski definition) is 3. The molecular weight excluding hydrogens is 384 g/mol. The molecule has 1 N–H and O–H groups in total. The molecular formula is C23H33N2O3S+. The fourth-order valence-electron chi connectivity index (χ4n) is 7.19. The summed E-state index contributed by atoms with van der Waals surface area (Å²) in [6.07, 6.45) is 10.6. The largest absolute Gasteiger partial charge is 0.294 e. The maximum atomic E-state index is 11.9. The highest BCUT2D eigenvalue weighted by Gasteiger charge is 2.58. The molecule has 4 aliphatic carbocycles. The molecule has 158 valence electrons. The lowest BCUT2D eigenvalue weighted by Crippen LogP contribution is -2.59. The van der Waals surface area contributed by atoms with Crippen LogP contribution in [-0.4, -0.2) is 46.9 Å². The fraction of sp³-hybridized carbons (Fsp3) is 0.696. The van der Waals surface area contributed by atoms with Crippen molar-refractivity contribution in [3.05, 3.63) is 29.8 Å². The third-order valence-electron chi connectivity index (χ3n) is 8.09. The van der Waals surface area contributed by atoms with Gasteiger partial charge in [-0.3, -0.25) is 14.0 Å². The average Bonchev–Trinajstić information content (AvgIpc) is 3.05. The van der Waals surface area contributed by atoms with Gasteiger partial charge in [0.15, 0.2) is 0 Å². The van der Waals surface area contributed by atoms with Gasteiger partial charge in [-0.15, -0.1) is 0 Å². The number of hydrogen-bond donors (Lipinski definition) is 1. The predicted molar refractivity (Wildman–Crippen MR) is 113 cm³/mol. The Morgan fingerprint density at radius 3 is 2.24 bits per heavy atom. The van der Waals surface area contributed by atoms with Gasteiger partial charge in [0.1, 0.15) is 29.6 Å². The van der Waals surface area contributed by atoms with Crippen molar-refractivity contribution in [1.82, 2.24) is 4.90 Å². The van der Waals surface area contributed by atoms with Crippen LogP contribution < -0.4 is 0 Å². The van der Waals surface area contributed by atoms with Crippen molar-refractivity contribution in [2.45, 2.75) is 75.4 Å². The summed E-state index contributed by atoms with van der Waals surface area (Å²) in [4.78, 5) is 2.67. The van der Waals surface area contributed by atoms with Crippen LogP contribution in [0.2, 0.25) is 0 Å². The lowest BCUT2D eigenvalue weighted by Gasteiger charge is -2.56. The van der Waals surface area contributed by atoms with Crippen LogP contribution >= 0.6 is 0 Å². The first-order valence-electron chi connectivity index (χ1n) is 11.2. The smallest absolute Gasteiger partial charge is 0.282 e. The van der Waals surface area contributed by atoms with E-state index in [-0.39, 0.29) is 4.90 Å². The van der Waals surface area contributed by atoms with E-state index in [9.17, 15) is 13.0 Å². The highest BCUT2D eigenvalue weighted by Crippen LogP contribution is 2.58. The van der Waals surface area contributed by atoms with Gasteiger partial charge in [-0.1, -0.05) is 32.0 Å². The molecule has 0 saturated heterocycles. The minimum atomic E-state index is -4.22. The monoisotopic (exact) mass is 417 g/mol. The third-order valence-corrected chi connectivity index (χ3v) is 9.04. The first-order valence-corrected chi connectivity index (χ1v) is 12.6. The quantitative estimate of drug-likeness (QED) is 0.585. The Labute approximate surface area is 174 Å². The minimum Gasteiger partial charge on any atom is -0.282 e. The second-order valence-corrected chi connectivity index (χ2v) is 11.9. The molecule has 1 aromatic rings. The summed E-state index contributed by atoms with van der Waals surface area (Å²) in [5.74, 6) is 3.19. The third kappa shape index (κ3) is 3.42. The molecule has 1 heterocycles. The van der Waals surface area contributed by atoms with Crippen molar-refractivity contribution >= 4 is 16.5 Å². The maximum absolute atomic E-state index is 11.9.